The summed E-state index contributed by atoms with van der Waals surface area (Å²) in [5.41, 5.74) is 2.93. The highest BCUT2D eigenvalue weighted by molar-refractivity contribution is 7.97. The van der Waals surface area contributed by atoms with Crippen molar-refractivity contribution in [2.75, 3.05) is 36.0 Å². The van der Waals surface area contributed by atoms with E-state index in [0.717, 1.165) is 36.2 Å². The van der Waals surface area contributed by atoms with E-state index in [-0.39, 0.29) is 5.91 Å². The number of rotatable bonds is 7. The molecule has 7 heteroatoms. The highest BCUT2D eigenvalue weighted by Gasteiger charge is 2.30. The molecule has 0 radical (unpaired) electrons. The molecule has 4 rings (SSSR count). The Balaban J connectivity index is 1.35. The van der Waals surface area contributed by atoms with Gasteiger partial charge in [-0.1, -0.05) is 30.9 Å². The van der Waals surface area contributed by atoms with Crippen LogP contribution in [0.3, 0.4) is 0 Å². The van der Waals surface area contributed by atoms with Gasteiger partial charge in [-0.05, 0) is 79.9 Å². The van der Waals surface area contributed by atoms with E-state index in [0.29, 0.717) is 11.3 Å². The van der Waals surface area contributed by atoms with Gasteiger partial charge in [-0.25, -0.2) is 8.51 Å². The van der Waals surface area contributed by atoms with Crippen LogP contribution in [0.2, 0.25) is 0 Å². The largest absolute Gasteiger partial charge is 0.322 e. The predicted molar refractivity (Wildman–Crippen MR) is 136 cm³/mol. The van der Waals surface area contributed by atoms with Gasteiger partial charge in [0.1, 0.15) is 11.0 Å². The first-order valence-corrected chi connectivity index (χ1v) is 13.7. The molecule has 1 aliphatic heterocycles. The molecule has 1 N–H and O–H groups in total. The van der Waals surface area contributed by atoms with Gasteiger partial charge in [-0.2, -0.15) is 0 Å². The van der Waals surface area contributed by atoms with Gasteiger partial charge in [0.25, 0.3) is 5.91 Å². The molecule has 32 heavy (non-hydrogen) atoms. The van der Waals surface area contributed by atoms with Gasteiger partial charge in [0, 0.05) is 37.0 Å². The van der Waals surface area contributed by atoms with Crippen LogP contribution in [-0.4, -0.2) is 40.8 Å². The molecule has 1 saturated carbocycles. The van der Waals surface area contributed by atoms with Crippen molar-refractivity contribution in [2.45, 2.75) is 43.9 Å². The Hall–Kier alpha value is -1.83. The quantitative estimate of drug-likeness (QED) is 0.542. The third-order valence-electron chi connectivity index (χ3n) is 6.78. The number of carbonyl (C=O) groups excluding carboxylic acids is 1. The van der Waals surface area contributed by atoms with Gasteiger partial charge in [-0.3, -0.25) is 9.10 Å². The Bertz CT molecular complexity index is 968. The Morgan fingerprint density at radius 2 is 1.72 bits per heavy atom. The second-order valence-corrected chi connectivity index (χ2v) is 11.5. The molecule has 1 aliphatic carbocycles. The van der Waals surface area contributed by atoms with E-state index in [2.05, 4.69) is 21.8 Å². The summed E-state index contributed by atoms with van der Waals surface area (Å²) in [5, 5.41) is 2.99. The molecule has 1 saturated heterocycles. The highest BCUT2D eigenvalue weighted by Crippen LogP contribution is 2.40. The van der Waals surface area contributed by atoms with E-state index >= 15 is 0 Å². The molecule has 0 aromatic heterocycles. The second kappa shape index (κ2) is 10.4. The highest BCUT2D eigenvalue weighted by atomic mass is 32.2. The van der Waals surface area contributed by atoms with Gasteiger partial charge in [0.05, 0.1) is 11.3 Å². The summed E-state index contributed by atoms with van der Waals surface area (Å²) in [5.74, 6) is 1.74. The Morgan fingerprint density at radius 1 is 1.06 bits per heavy atom. The topological polar surface area (TPSA) is 52.7 Å². The lowest BCUT2D eigenvalue weighted by Gasteiger charge is -2.39. The summed E-state index contributed by atoms with van der Waals surface area (Å²) in [7, 11) is 0.530. The third-order valence-corrected chi connectivity index (χ3v) is 8.86. The zero-order valence-electron chi connectivity index (χ0n) is 19.2. The van der Waals surface area contributed by atoms with Gasteiger partial charge >= 0.3 is 0 Å². The van der Waals surface area contributed by atoms with Crippen molar-refractivity contribution in [3.8, 4) is 0 Å². The van der Waals surface area contributed by atoms with E-state index in [4.69, 9.17) is 0 Å². The van der Waals surface area contributed by atoms with Crippen LogP contribution >= 0.6 is 11.9 Å². The minimum atomic E-state index is -1.20. The first kappa shape index (κ1) is 23.3. The van der Waals surface area contributed by atoms with Crippen LogP contribution in [-0.2, 0) is 11.0 Å². The second-order valence-electron chi connectivity index (χ2n) is 8.97. The van der Waals surface area contributed by atoms with E-state index in [1.54, 1.807) is 17.6 Å². The zero-order chi connectivity index (χ0) is 22.7. The molecule has 2 fully saturated rings. The Kier molecular flexibility index (Phi) is 7.59. The maximum absolute atomic E-state index is 13.0. The number of anilines is 2. The molecule has 2 aliphatic rings. The number of nitrogens with zero attached hydrogens (tertiary/aromatic N) is 2. The minimum Gasteiger partial charge on any atom is -0.322 e. The van der Waals surface area contributed by atoms with E-state index in [1.165, 1.54) is 37.0 Å². The average Bonchev–Trinajstić information content (AvgIpc) is 2.74. The molecule has 5 nitrogen and oxygen atoms in total. The van der Waals surface area contributed by atoms with Crippen LogP contribution < -0.4 is 9.62 Å². The summed E-state index contributed by atoms with van der Waals surface area (Å²) < 4.78 is 16.0. The smallest absolute Gasteiger partial charge is 0.257 e. The number of amides is 1. The van der Waals surface area contributed by atoms with E-state index in [1.807, 2.05) is 49.2 Å². The lowest BCUT2D eigenvalue weighted by Crippen LogP contribution is -2.34. The standard InChI is InChI=1S/C25H33N3O2S2/c1-18-7-12-24(27(2)32(3)30)23(17-18)25(29)26-21-8-10-22(11-9-21)31-28-15-13-20(14-16-28)19-5-4-6-19/h7-12,17,19-20H,4-6,13-16H2,1-3H3,(H,26,29). The third kappa shape index (κ3) is 5.56. The summed E-state index contributed by atoms with van der Waals surface area (Å²) in [6, 6.07) is 13.7. The number of hydrogen-bond acceptors (Lipinski definition) is 4. The average molecular weight is 472 g/mol. The van der Waals surface area contributed by atoms with Crippen molar-refractivity contribution < 1.29 is 9.00 Å². The zero-order valence-corrected chi connectivity index (χ0v) is 20.8. The summed E-state index contributed by atoms with van der Waals surface area (Å²) in [6.07, 6.45) is 8.57. The molecule has 172 valence electrons. The van der Waals surface area contributed by atoms with Crippen molar-refractivity contribution in [2.24, 2.45) is 11.8 Å². The molecular formula is C25H33N3O2S2. The maximum Gasteiger partial charge on any atom is 0.257 e. The number of hydrogen-bond donors (Lipinski definition) is 1. The first-order valence-electron chi connectivity index (χ1n) is 11.4. The van der Waals surface area contributed by atoms with Crippen LogP contribution in [0.5, 0.6) is 0 Å². The van der Waals surface area contributed by atoms with Crippen molar-refractivity contribution >= 4 is 40.2 Å². The fraction of sp³-hybridized carbons (Fsp3) is 0.480. The number of piperidine rings is 1. The number of carbonyl (C=O) groups is 1. The fourth-order valence-electron chi connectivity index (χ4n) is 4.54. The first-order chi connectivity index (χ1) is 15.4. The van der Waals surface area contributed by atoms with Crippen LogP contribution in [0.4, 0.5) is 11.4 Å². The van der Waals surface area contributed by atoms with Crippen LogP contribution in [0.1, 0.15) is 48.0 Å². The molecule has 2 aromatic carbocycles. The van der Waals surface area contributed by atoms with Gasteiger partial charge in [0.15, 0.2) is 0 Å². The Morgan fingerprint density at radius 3 is 2.31 bits per heavy atom. The van der Waals surface area contributed by atoms with Gasteiger partial charge in [0.2, 0.25) is 0 Å². The normalized spacial score (nSPS) is 18.7. The number of aryl methyl sites for hydroxylation is 1. The van der Waals surface area contributed by atoms with E-state index in [9.17, 15) is 9.00 Å². The van der Waals surface area contributed by atoms with E-state index < -0.39 is 11.0 Å². The van der Waals surface area contributed by atoms with Gasteiger partial charge < -0.3 is 5.32 Å². The lowest BCUT2D eigenvalue weighted by atomic mass is 9.72. The van der Waals surface area contributed by atoms with Crippen molar-refractivity contribution in [1.29, 1.82) is 0 Å². The molecular weight excluding hydrogens is 438 g/mol. The lowest BCUT2D eigenvalue weighted by molar-refractivity contribution is 0.102. The molecule has 1 atom stereocenters. The molecule has 0 spiro atoms. The molecule has 1 amide bonds. The molecule has 2 aromatic rings. The van der Waals surface area contributed by atoms with Crippen molar-refractivity contribution in [3.63, 3.8) is 0 Å². The summed E-state index contributed by atoms with van der Waals surface area (Å²) >= 11 is 1.82. The number of nitrogens with one attached hydrogen (secondary N) is 1. The maximum atomic E-state index is 13.0. The molecule has 1 unspecified atom stereocenters. The Labute approximate surface area is 198 Å². The SMILES string of the molecule is Cc1ccc(N(C)S(C)=O)c(C(=O)Nc2ccc(SN3CCC(C4CCC4)CC3)cc2)c1. The van der Waals surface area contributed by atoms with Crippen molar-refractivity contribution in [1.82, 2.24) is 4.31 Å². The number of benzene rings is 2. The summed E-state index contributed by atoms with van der Waals surface area (Å²) in [4.78, 5) is 14.2. The summed E-state index contributed by atoms with van der Waals surface area (Å²) in [6.45, 7) is 4.27. The van der Waals surface area contributed by atoms with Crippen molar-refractivity contribution in [3.05, 3.63) is 53.6 Å². The monoisotopic (exact) mass is 471 g/mol. The molecule has 0 bridgehead atoms. The minimum absolute atomic E-state index is 0.195. The van der Waals surface area contributed by atoms with Crippen LogP contribution in [0.15, 0.2) is 47.4 Å². The van der Waals surface area contributed by atoms with Crippen LogP contribution in [0.25, 0.3) is 0 Å². The van der Waals surface area contributed by atoms with Crippen LogP contribution in [0, 0.1) is 18.8 Å². The molecule has 1 heterocycles. The fourth-order valence-corrected chi connectivity index (χ4v) is 5.93. The predicted octanol–water partition coefficient (Wildman–Crippen LogP) is 5.50. The van der Waals surface area contributed by atoms with Gasteiger partial charge in [-0.15, -0.1) is 0 Å².